The third kappa shape index (κ3) is 6.03. The number of carbonyl (C=O) groups excluding carboxylic acids is 1. The maximum Gasteiger partial charge on any atom is 0.251 e. The third-order valence-corrected chi connectivity index (χ3v) is 3.33. The molecule has 1 heterocycles. The van der Waals surface area contributed by atoms with Crippen LogP contribution in [0.25, 0.3) is 0 Å². The van der Waals surface area contributed by atoms with Gasteiger partial charge in [-0.15, -0.1) is 6.58 Å². The number of ether oxygens (including phenoxy) is 1. The third-order valence-electron chi connectivity index (χ3n) is 3.33. The second-order valence-electron chi connectivity index (χ2n) is 6.00. The highest BCUT2D eigenvalue weighted by atomic mass is 16.5. The number of aliphatic hydroxyl groups is 1. The molecule has 5 nitrogen and oxygen atoms in total. The minimum absolute atomic E-state index is 0.0528. The summed E-state index contributed by atoms with van der Waals surface area (Å²) in [5, 5.41) is 9.80. The smallest absolute Gasteiger partial charge is 0.251 e. The Bertz CT molecular complexity index is 318. The van der Waals surface area contributed by atoms with Crippen LogP contribution in [0.5, 0.6) is 0 Å². The van der Waals surface area contributed by atoms with Crippen LogP contribution in [0.3, 0.4) is 0 Å². The molecule has 1 N–H and O–H groups in total. The largest absolute Gasteiger partial charge is 0.389 e. The van der Waals surface area contributed by atoms with Gasteiger partial charge < -0.3 is 14.7 Å². The van der Waals surface area contributed by atoms with E-state index in [2.05, 4.69) is 11.5 Å². The first-order chi connectivity index (χ1) is 9.33. The van der Waals surface area contributed by atoms with Crippen LogP contribution in [0.2, 0.25) is 0 Å². The summed E-state index contributed by atoms with van der Waals surface area (Å²) >= 11 is 0. The van der Waals surface area contributed by atoms with E-state index in [1.54, 1.807) is 26.8 Å². The summed E-state index contributed by atoms with van der Waals surface area (Å²) in [7, 11) is 0. The van der Waals surface area contributed by atoms with Gasteiger partial charge in [-0.1, -0.05) is 6.08 Å². The molecule has 0 bridgehead atoms. The van der Waals surface area contributed by atoms with Crippen molar-refractivity contribution in [3.05, 3.63) is 12.7 Å². The van der Waals surface area contributed by atoms with Crippen LogP contribution in [-0.4, -0.2) is 71.8 Å². The summed E-state index contributed by atoms with van der Waals surface area (Å²) in [6.45, 7) is 13.2. The number of amides is 1. The lowest BCUT2D eigenvalue weighted by molar-refractivity contribution is -0.144. The zero-order valence-corrected chi connectivity index (χ0v) is 13.0. The molecule has 116 valence electrons. The Morgan fingerprint density at radius 2 is 2.00 bits per heavy atom. The molecule has 0 aliphatic carbocycles. The van der Waals surface area contributed by atoms with Crippen molar-refractivity contribution in [2.75, 3.05) is 39.3 Å². The summed E-state index contributed by atoms with van der Waals surface area (Å²) in [4.78, 5) is 16.2. The number of hydrogen-bond donors (Lipinski definition) is 1. The number of nitrogens with zero attached hydrogens (tertiary/aromatic N) is 2. The fraction of sp³-hybridized carbons (Fsp3) is 0.800. The van der Waals surface area contributed by atoms with Gasteiger partial charge in [-0.05, 0) is 27.2 Å². The van der Waals surface area contributed by atoms with Crippen molar-refractivity contribution in [2.45, 2.75) is 38.9 Å². The molecule has 0 aromatic rings. The first-order valence-electron chi connectivity index (χ1n) is 7.29. The van der Waals surface area contributed by atoms with Crippen molar-refractivity contribution < 1.29 is 14.6 Å². The Hall–Kier alpha value is -0.910. The van der Waals surface area contributed by atoms with Gasteiger partial charge in [-0.25, -0.2) is 0 Å². The highest BCUT2D eigenvalue weighted by Crippen LogP contribution is 2.10. The highest BCUT2D eigenvalue weighted by Gasteiger charge is 2.27. The van der Waals surface area contributed by atoms with Crippen molar-refractivity contribution in [2.24, 2.45) is 0 Å². The molecule has 0 unspecified atom stereocenters. The molecule has 0 spiro atoms. The molecule has 0 aromatic carbocycles. The van der Waals surface area contributed by atoms with Crippen LogP contribution < -0.4 is 0 Å². The average molecular weight is 284 g/mol. The van der Waals surface area contributed by atoms with Crippen LogP contribution >= 0.6 is 0 Å². The number of hydrogen-bond acceptors (Lipinski definition) is 4. The van der Waals surface area contributed by atoms with Gasteiger partial charge in [-0.3, -0.25) is 9.69 Å². The Kier molecular flexibility index (Phi) is 6.65. The van der Waals surface area contributed by atoms with E-state index in [9.17, 15) is 9.90 Å². The minimum atomic E-state index is -0.687. The van der Waals surface area contributed by atoms with E-state index < -0.39 is 11.7 Å². The zero-order chi connectivity index (χ0) is 15.2. The van der Waals surface area contributed by atoms with E-state index in [-0.39, 0.29) is 5.91 Å². The molecule has 1 atom stereocenters. The molecular formula is C15H28N2O3. The standard InChI is InChI=1S/C15H28N2O3/c1-5-6-11-20-13(2)14(18)17-9-7-16(8-10-17)12-15(3,4)19/h5,13,19H,1,6-12H2,2-4H3/t13-/m1/s1. The van der Waals surface area contributed by atoms with E-state index >= 15 is 0 Å². The number of rotatable bonds is 7. The van der Waals surface area contributed by atoms with Crippen molar-refractivity contribution in [3.63, 3.8) is 0 Å². The molecule has 1 aliphatic rings. The van der Waals surface area contributed by atoms with Crippen molar-refractivity contribution >= 4 is 5.91 Å². The van der Waals surface area contributed by atoms with Crippen molar-refractivity contribution in [1.29, 1.82) is 0 Å². The van der Waals surface area contributed by atoms with Crippen LogP contribution in [0, 0.1) is 0 Å². The maximum absolute atomic E-state index is 12.2. The van der Waals surface area contributed by atoms with Crippen molar-refractivity contribution in [1.82, 2.24) is 9.80 Å². The SMILES string of the molecule is C=CCCO[C@H](C)C(=O)N1CCN(CC(C)(C)O)CC1. The predicted molar refractivity (Wildman–Crippen MR) is 79.5 cm³/mol. The normalized spacial score (nSPS) is 18.9. The van der Waals surface area contributed by atoms with Gasteiger partial charge in [0.15, 0.2) is 0 Å². The first kappa shape index (κ1) is 17.1. The van der Waals surface area contributed by atoms with Gasteiger partial charge in [0, 0.05) is 32.7 Å². The zero-order valence-electron chi connectivity index (χ0n) is 13.0. The molecular weight excluding hydrogens is 256 g/mol. The summed E-state index contributed by atoms with van der Waals surface area (Å²) in [6.07, 6.45) is 2.15. The van der Waals surface area contributed by atoms with E-state index in [0.29, 0.717) is 26.2 Å². The lowest BCUT2D eigenvalue weighted by Gasteiger charge is -2.38. The lowest BCUT2D eigenvalue weighted by atomic mass is 10.1. The van der Waals surface area contributed by atoms with E-state index in [1.807, 2.05) is 4.90 Å². The molecule has 0 aromatic heterocycles. The van der Waals surface area contributed by atoms with Gasteiger partial charge in [0.1, 0.15) is 6.10 Å². The molecule has 0 saturated carbocycles. The van der Waals surface area contributed by atoms with Gasteiger partial charge in [0.25, 0.3) is 5.91 Å². The average Bonchev–Trinajstić information content (AvgIpc) is 2.37. The summed E-state index contributed by atoms with van der Waals surface area (Å²) in [6, 6.07) is 0. The van der Waals surface area contributed by atoms with Gasteiger partial charge in [0.05, 0.1) is 12.2 Å². The Morgan fingerprint density at radius 1 is 1.40 bits per heavy atom. The molecule has 1 saturated heterocycles. The Morgan fingerprint density at radius 3 is 2.50 bits per heavy atom. The molecule has 20 heavy (non-hydrogen) atoms. The van der Waals surface area contributed by atoms with Gasteiger partial charge in [0.2, 0.25) is 0 Å². The predicted octanol–water partition coefficient (Wildman–Crippen LogP) is 0.883. The highest BCUT2D eigenvalue weighted by molar-refractivity contribution is 5.80. The second kappa shape index (κ2) is 7.76. The monoisotopic (exact) mass is 284 g/mol. The molecule has 1 amide bonds. The fourth-order valence-corrected chi connectivity index (χ4v) is 2.33. The van der Waals surface area contributed by atoms with Crippen LogP contribution in [-0.2, 0) is 9.53 Å². The Balaban J connectivity index is 2.33. The first-order valence-corrected chi connectivity index (χ1v) is 7.29. The van der Waals surface area contributed by atoms with E-state index in [4.69, 9.17) is 4.74 Å². The van der Waals surface area contributed by atoms with E-state index in [0.717, 1.165) is 19.5 Å². The molecule has 1 rings (SSSR count). The molecule has 5 heteroatoms. The van der Waals surface area contributed by atoms with Crippen LogP contribution in [0.4, 0.5) is 0 Å². The molecule has 1 fully saturated rings. The Labute approximate surface area is 122 Å². The minimum Gasteiger partial charge on any atom is -0.389 e. The van der Waals surface area contributed by atoms with Gasteiger partial charge in [-0.2, -0.15) is 0 Å². The lowest BCUT2D eigenvalue weighted by Crippen LogP contribution is -2.53. The number of β-amino-alcohol motifs (C(OH)–C–C–N with tert-alkyl or cyclic N) is 1. The molecule has 1 aliphatic heterocycles. The summed E-state index contributed by atoms with van der Waals surface area (Å²) in [5.74, 6) is 0.0528. The maximum atomic E-state index is 12.2. The quantitative estimate of drug-likeness (QED) is 0.557. The second-order valence-corrected chi connectivity index (χ2v) is 6.00. The van der Waals surface area contributed by atoms with Crippen molar-refractivity contribution in [3.8, 4) is 0 Å². The summed E-state index contributed by atoms with van der Waals surface area (Å²) in [5.41, 5.74) is -0.687. The van der Waals surface area contributed by atoms with E-state index in [1.165, 1.54) is 0 Å². The van der Waals surface area contributed by atoms with Crippen LogP contribution in [0.15, 0.2) is 12.7 Å². The number of carbonyl (C=O) groups is 1. The number of piperazine rings is 1. The summed E-state index contributed by atoms with van der Waals surface area (Å²) < 4.78 is 5.49. The van der Waals surface area contributed by atoms with Crippen LogP contribution in [0.1, 0.15) is 27.2 Å². The molecule has 0 radical (unpaired) electrons. The van der Waals surface area contributed by atoms with Gasteiger partial charge >= 0.3 is 0 Å². The topological polar surface area (TPSA) is 53.0 Å². The fourth-order valence-electron chi connectivity index (χ4n) is 2.33.